The fraction of sp³-hybridized carbons (Fsp3) is 0.800. The van der Waals surface area contributed by atoms with Crippen molar-refractivity contribution in [3.05, 3.63) is 23.3 Å². The van der Waals surface area contributed by atoms with Crippen LogP contribution < -0.4 is 0 Å². The molecule has 0 aliphatic heterocycles. The van der Waals surface area contributed by atoms with Crippen LogP contribution >= 0.6 is 0 Å². The zero-order valence-corrected chi connectivity index (χ0v) is 14.2. The molecule has 0 aromatic heterocycles. The van der Waals surface area contributed by atoms with E-state index >= 15 is 0 Å². The van der Waals surface area contributed by atoms with Crippen molar-refractivity contribution in [3.8, 4) is 0 Å². The number of fused-ring (bicyclic) bond motifs is 2. The SMILES string of the molecule is C=C(CO)[C@@H]1CCC2=C(CC[C@@H]3C(C)(C)CCC[C@@]23C)C1. The van der Waals surface area contributed by atoms with Crippen molar-refractivity contribution < 1.29 is 5.11 Å². The van der Waals surface area contributed by atoms with E-state index in [1.54, 1.807) is 5.57 Å². The van der Waals surface area contributed by atoms with Gasteiger partial charge in [-0.25, -0.2) is 0 Å². The third-order valence-electron chi connectivity index (χ3n) is 7.10. The van der Waals surface area contributed by atoms with Gasteiger partial charge in [0.15, 0.2) is 0 Å². The van der Waals surface area contributed by atoms with Gasteiger partial charge in [-0.05, 0) is 73.2 Å². The summed E-state index contributed by atoms with van der Waals surface area (Å²) in [6.07, 6.45) is 10.5. The second-order valence-corrected chi connectivity index (χ2v) is 8.69. The second-order valence-electron chi connectivity index (χ2n) is 8.69. The molecular formula is C20H32O. The summed E-state index contributed by atoms with van der Waals surface area (Å²) in [4.78, 5) is 0. The van der Waals surface area contributed by atoms with Crippen LogP contribution in [0.25, 0.3) is 0 Å². The predicted octanol–water partition coefficient (Wildman–Crippen LogP) is 5.26. The maximum Gasteiger partial charge on any atom is 0.0641 e. The highest BCUT2D eigenvalue weighted by atomic mass is 16.3. The van der Waals surface area contributed by atoms with Crippen LogP contribution in [0.2, 0.25) is 0 Å². The van der Waals surface area contributed by atoms with Crippen LogP contribution in [0, 0.1) is 22.7 Å². The van der Waals surface area contributed by atoms with E-state index in [0.29, 0.717) is 16.7 Å². The lowest BCUT2D eigenvalue weighted by Crippen LogP contribution is -2.46. The number of aliphatic hydroxyl groups is 1. The highest BCUT2D eigenvalue weighted by Gasteiger charge is 2.51. The topological polar surface area (TPSA) is 20.2 Å². The van der Waals surface area contributed by atoms with Gasteiger partial charge in [-0.1, -0.05) is 44.9 Å². The molecule has 1 heteroatoms. The van der Waals surface area contributed by atoms with E-state index in [-0.39, 0.29) is 6.61 Å². The van der Waals surface area contributed by atoms with E-state index in [1.165, 1.54) is 51.4 Å². The summed E-state index contributed by atoms with van der Waals surface area (Å²) in [5, 5.41) is 9.37. The first-order valence-electron chi connectivity index (χ1n) is 8.88. The average Bonchev–Trinajstić information content (AvgIpc) is 2.45. The Kier molecular flexibility index (Phi) is 3.84. The molecule has 0 heterocycles. The molecule has 3 aliphatic rings. The van der Waals surface area contributed by atoms with Crippen LogP contribution in [0.3, 0.4) is 0 Å². The van der Waals surface area contributed by atoms with Crippen molar-refractivity contribution in [2.24, 2.45) is 22.7 Å². The molecule has 0 bridgehead atoms. The first kappa shape index (κ1) is 15.3. The first-order chi connectivity index (χ1) is 9.88. The number of hydrogen-bond acceptors (Lipinski definition) is 1. The molecule has 3 rings (SSSR count). The maximum absolute atomic E-state index is 9.37. The molecule has 1 N–H and O–H groups in total. The van der Waals surface area contributed by atoms with Crippen molar-refractivity contribution in [1.29, 1.82) is 0 Å². The predicted molar refractivity (Wildman–Crippen MR) is 89.1 cm³/mol. The standard InChI is InChI=1S/C20H32O/c1-14(13-21)15-6-8-17-16(12-15)7-9-18-19(2,3)10-5-11-20(17,18)4/h15,18,21H,1,5-13H2,2-4H3/t15-,18-,20+/m1/s1. The van der Waals surface area contributed by atoms with E-state index in [1.807, 2.05) is 5.57 Å². The number of hydrogen-bond donors (Lipinski definition) is 1. The Labute approximate surface area is 130 Å². The normalized spacial score (nSPS) is 38.7. The Bertz CT molecular complexity index is 470. The van der Waals surface area contributed by atoms with Gasteiger partial charge in [0.1, 0.15) is 0 Å². The number of allylic oxidation sites excluding steroid dienone is 2. The Morgan fingerprint density at radius 1 is 1.19 bits per heavy atom. The van der Waals surface area contributed by atoms with Crippen molar-refractivity contribution in [1.82, 2.24) is 0 Å². The zero-order chi connectivity index (χ0) is 15.3. The van der Waals surface area contributed by atoms with E-state index in [0.717, 1.165) is 11.5 Å². The van der Waals surface area contributed by atoms with E-state index in [4.69, 9.17) is 0 Å². The van der Waals surface area contributed by atoms with Gasteiger partial charge < -0.3 is 5.11 Å². The third kappa shape index (κ3) is 2.42. The van der Waals surface area contributed by atoms with Crippen LogP contribution in [0.5, 0.6) is 0 Å². The lowest BCUT2D eigenvalue weighted by Gasteiger charge is -2.56. The molecule has 0 unspecified atom stereocenters. The highest BCUT2D eigenvalue weighted by Crippen LogP contribution is 2.62. The Hall–Kier alpha value is -0.560. The van der Waals surface area contributed by atoms with Gasteiger partial charge in [0, 0.05) is 0 Å². The fourth-order valence-corrected chi connectivity index (χ4v) is 5.95. The first-order valence-corrected chi connectivity index (χ1v) is 8.88. The van der Waals surface area contributed by atoms with Gasteiger partial charge in [-0.3, -0.25) is 0 Å². The molecule has 0 saturated heterocycles. The monoisotopic (exact) mass is 288 g/mol. The summed E-state index contributed by atoms with van der Waals surface area (Å²) in [5.41, 5.74) is 5.57. The lowest BCUT2D eigenvalue weighted by atomic mass is 9.48. The second kappa shape index (κ2) is 5.26. The van der Waals surface area contributed by atoms with Crippen molar-refractivity contribution in [2.45, 2.75) is 72.1 Å². The number of rotatable bonds is 2. The average molecular weight is 288 g/mol. The zero-order valence-electron chi connectivity index (χ0n) is 14.2. The summed E-state index contributed by atoms with van der Waals surface area (Å²) in [5.74, 6) is 1.40. The molecule has 21 heavy (non-hydrogen) atoms. The van der Waals surface area contributed by atoms with Gasteiger partial charge >= 0.3 is 0 Å². The molecule has 0 spiro atoms. The quantitative estimate of drug-likeness (QED) is 0.687. The van der Waals surface area contributed by atoms with Gasteiger partial charge in [-0.2, -0.15) is 0 Å². The number of aliphatic hydroxyl groups excluding tert-OH is 1. The van der Waals surface area contributed by atoms with Crippen LogP contribution in [0.15, 0.2) is 23.3 Å². The molecule has 3 atom stereocenters. The molecule has 0 amide bonds. The summed E-state index contributed by atoms with van der Waals surface area (Å²) in [7, 11) is 0. The van der Waals surface area contributed by atoms with Gasteiger partial charge in [0.05, 0.1) is 6.61 Å². The minimum absolute atomic E-state index is 0.167. The van der Waals surface area contributed by atoms with Crippen molar-refractivity contribution in [3.63, 3.8) is 0 Å². The molecule has 0 aromatic rings. The van der Waals surface area contributed by atoms with E-state index in [9.17, 15) is 5.11 Å². The third-order valence-corrected chi connectivity index (χ3v) is 7.10. The molecule has 1 nitrogen and oxygen atoms in total. The minimum atomic E-state index is 0.167. The molecule has 1 fully saturated rings. The summed E-state index contributed by atoms with van der Waals surface area (Å²) >= 11 is 0. The van der Waals surface area contributed by atoms with E-state index in [2.05, 4.69) is 27.4 Å². The summed E-state index contributed by atoms with van der Waals surface area (Å²) in [6.45, 7) is 11.8. The summed E-state index contributed by atoms with van der Waals surface area (Å²) < 4.78 is 0. The van der Waals surface area contributed by atoms with Crippen LogP contribution in [0.1, 0.15) is 72.1 Å². The van der Waals surface area contributed by atoms with Gasteiger partial charge in [0.2, 0.25) is 0 Å². The van der Waals surface area contributed by atoms with E-state index < -0.39 is 0 Å². The van der Waals surface area contributed by atoms with Crippen molar-refractivity contribution >= 4 is 0 Å². The molecule has 118 valence electrons. The lowest BCUT2D eigenvalue weighted by molar-refractivity contribution is 0.00731. The van der Waals surface area contributed by atoms with Crippen molar-refractivity contribution in [2.75, 3.05) is 6.61 Å². The smallest absolute Gasteiger partial charge is 0.0641 e. The molecule has 3 aliphatic carbocycles. The Morgan fingerprint density at radius 2 is 1.95 bits per heavy atom. The molecule has 0 radical (unpaired) electrons. The Balaban J connectivity index is 1.90. The molecule has 0 aromatic carbocycles. The van der Waals surface area contributed by atoms with Crippen LogP contribution in [-0.4, -0.2) is 11.7 Å². The minimum Gasteiger partial charge on any atom is -0.392 e. The largest absolute Gasteiger partial charge is 0.392 e. The van der Waals surface area contributed by atoms with Gasteiger partial charge in [0.25, 0.3) is 0 Å². The molecular weight excluding hydrogens is 256 g/mol. The Morgan fingerprint density at radius 3 is 2.67 bits per heavy atom. The summed E-state index contributed by atoms with van der Waals surface area (Å²) in [6, 6.07) is 0. The van der Waals surface area contributed by atoms with Crippen LogP contribution in [0.4, 0.5) is 0 Å². The highest BCUT2D eigenvalue weighted by molar-refractivity contribution is 5.32. The maximum atomic E-state index is 9.37. The fourth-order valence-electron chi connectivity index (χ4n) is 5.95. The molecule has 1 saturated carbocycles. The van der Waals surface area contributed by atoms with Gasteiger partial charge in [-0.15, -0.1) is 0 Å². The van der Waals surface area contributed by atoms with Crippen LogP contribution in [-0.2, 0) is 0 Å².